The molecule has 1 saturated heterocycles. The number of aromatic nitrogens is 2. The Kier molecular flexibility index (Phi) is 5.86. The molecule has 3 heterocycles. The average Bonchev–Trinajstić information content (AvgIpc) is 3.05. The second-order valence-electron chi connectivity index (χ2n) is 6.84. The standard InChI is InChI=1S/C18H27N5OS/c1-4-14-11-15-16(20-12-21-18(15)25-14)23-8-5-13(6-9-23)17(24)19-7-10-22(2)3/h11-13H,4-10H2,1-3H3,(H,19,24). The summed E-state index contributed by atoms with van der Waals surface area (Å²) in [5.74, 6) is 1.33. The lowest BCUT2D eigenvalue weighted by Gasteiger charge is -2.32. The molecule has 1 amide bonds. The molecule has 0 bridgehead atoms. The number of aryl methyl sites for hydroxylation is 1. The molecule has 7 heteroatoms. The van der Waals surface area contributed by atoms with Crippen LogP contribution in [0.15, 0.2) is 12.4 Å². The van der Waals surface area contributed by atoms with E-state index in [2.05, 4.69) is 38.1 Å². The quantitative estimate of drug-likeness (QED) is 0.854. The van der Waals surface area contributed by atoms with Gasteiger partial charge in [0.2, 0.25) is 5.91 Å². The third-order valence-electron chi connectivity index (χ3n) is 4.73. The van der Waals surface area contributed by atoms with Gasteiger partial charge in [-0.25, -0.2) is 9.97 Å². The minimum Gasteiger partial charge on any atom is -0.356 e. The molecular weight excluding hydrogens is 334 g/mol. The predicted octanol–water partition coefficient (Wildman–Crippen LogP) is 2.15. The molecule has 3 rings (SSSR count). The van der Waals surface area contributed by atoms with E-state index in [1.807, 2.05) is 14.1 Å². The zero-order chi connectivity index (χ0) is 17.8. The topological polar surface area (TPSA) is 61.4 Å². The fourth-order valence-corrected chi connectivity index (χ4v) is 4.15. The highest BCUT2D eigenvalue weighted by molar-refractivity contribution is 7.18. The Labute approximate surface area is 153 Å². The van der Waals surface area contributed by atoms with Gasteiger partial charge in [0.05, 0.1) is 5.39 Å². The average molecular weight is 362 g/mol. The van der Waals surface area contributed by atoms with Crippen LogP contribution < -0.4 is 10.2 Å². The van der Waals surface area contributed by atoms with E-state index in [-0.39, 0.29) is 11.8 Å². The van der Waals surface area contributed by atoms with Crippen LogP contribution >= 0.6 is 11.3 Å². The van der Waals surface area contributed by atoms with E-state index in [1.165, 1.54) is 4.88 Å². The van der Waals surface area contributed by atoms with E-state index in [1.54, 1.807) is 17.7 Å². The number of rotatable bonds is 6. The summed E-state index contributed by atoms with van der Waals surface area (Å²) < 4.78 is 0. The van der Waals surface area contributed by atoms with Crippen molar-refractivity contribution < 1.29 is 4.79 Å². The third-order valence-corrected chi connectivity index (χ3v) is 5.92. The summed E-state index contributed by atoms with van der Waals surface area (Å²) in [6.45, 7) is 5.50. The monoisotopic (exact) mass is 361 g/mol. The van der Waals surface area contributed by atoms with Crippen LogP contribution in [0.3, 0.4) is 0 Å². The maximum absolute atomic E-state index is 12.3. The number of carbonyl (C=O) groups excluding carboxylic acids is 1. The normalized spacial score (nSPS) is 15.9. The molecule has 0 radical (unpaired) electrons. The van der Waals surface area contributed by atoms with Crippen molar-refractivity contribution in [3.63, 3.8) is 0 Å². The van der Waals surface area contributed by atoms with E-state index >= 15 is 0 Å². The van der Waals surface area contributed by atoms with Gasteiger partial charge in [-0.3, -0.25) is 4.79 Å². The van der Waals surface area contributed by atoms with Crippen LogP contribution in [0.25, 0.3) is 10.2 Å². The zero-order valence-electron chi connectivity index (χ0n) is 15.3. The van der Waals surface area contributed by atoms with E-state index in [0.29, 0.717) is 6.54 Å². The highest BCUT2D eigenvalue weighted by Crippen LogP contribution is 2.32. The third kappa shape index (κ3) is 4.27. The Bertz CT molecular complexity index is 721. The summed E-state index contributed by atoms with van der Waals surface area (Å²) in [5, 5.41) is 4.21. The number of hydrogen-bond acceptors (Lipinski definition) is 6. The number of thiophene rings is 1. The van der Waals surface area contributed by atoms with Crippen molar-refractivity contribution in [3.05, 3.63) is 17.3 Å². The van der Waals surface area contributed by atoms with Crippen molar-refractivity contribution >= 4 is 33.3 Å². The Balaban J connectivity index is 1.61. The Morgan fingerprint density at radius 3 is 2.80 bits per heavy atom. The molecule has 0 spiro atoms. The van der Waals surface area contributed by atoms with Gasteiger partial charge in [-0.15, -0.1) is 11.3 Å². The van der Waals surface area contributed by atoms with E-state index in [9.17, 15) is 4.79 Å². The van der Waals surface area contributed by atoms with E-state index < -0.39 is 0 Å². The lowest BCUT2D eigenvalue weighted by molar-refractivity contribution is -0.125. The molecule has 0 unspecified atom stereocenters. The van der Waals surface area contributed by atoms with Crippen molar-refractivity contribution in [1.82, 2.24) is 20.2 Å². The van der Waals surface area contributed by atoms with Gasteiger partial charge in [0, 0.05) is 37.0 Å². The first-order valence-electron chi connectivity index (χ1n) is 8.99. The van der Waals surface area contributed by atoms with Gasteiger partial charge < -0.3 is 15.1 Å². The first-order chi connectivity index (χ1) is 12.1. The fraction of sp³-hybridized carbons (Fsp3) is 0.611. The Morgan fingerprint density at radius 2 is 2.12 bits per heavy atom. The molecule has 0 aromatic carbocycles. The summed E-state index contributed by atoms with van der Waals surface area (Å²) >= 11 is 1.75. The van der Waals surface area contributed by atoms with Crippen LogP contribution in [-0.4, -0.2) is 61.0 Å². The second kappa shape index (κ2) is 8.10. The summed E-state index contributed by atoms with van der Waals surface area (Å²) in [4.78, 5) is 28.0. The Hall–Kier alpha value is -1.73. The molecule has 1 N–H and O–H groups in total. The molecule has 6 nitrogen and oxygen atoms in total. The first kappa shape index (κ1) is 18.1. The smallest absolute Gasteiger partial charge is 0.223 e. The minimum atomic E-state index is 0.115. The highest BCUT2D eigenvalue weighted by Gasteiger charge is 2.26. The molecule has 25 heavy (non-hydrogen) atoms. The molecular formula is C18H27N5OS. The minimum absolute atomic E-state index is 0.115. The van der Waals surface area contributed by atoms with Crippen molar-refractivity contribution in [2.75, 3.05) is 45.2 Å². The molecule has 1 aliphatic heterocycles. The molecule has 2 aromatic rings. The Morgan fingerprint density at radius 1 is 1.36 bits per heavy atom. The van der Waals surface area contributed by atoms with Crippen molar-refractivity contribution in [2.24, 2.45) is 5.92 Å². The number of anilines is 1. The van der Waals surface area contributed by atoms with Crippen LogP contribution in [0.4, 0.5) is 5.82 Å². The van der Waals surface area contributed by atoms with Crippen molar-refractivity contribution in [3.8, 4) is 0 Å². The summed E-state index contributed by atoms with van der Waals surface area (Å²) in [6, 6.07) is 2.22. The van der Waals surface area contributed by atoms with Crippen LogP contribution in [0.2, 0.25) is 0 Å². The number of carbonyl (C=O) groups is 1. The molecule has 2 aromatic heterocycles. The molecule has 136 valence electrons. The van der Waals surface area contributed by atoms with E-state index in [0.717, 1.165) is 54.9 Å². The molecule has 0 saturated carbocycles. The number of hydrogen-bond donors (Lipinski definition) is 1. The number of fused-ring (bicyclic) bond motifs is 1. The molecule has 1 aliphatic rings. The van der Waals surface area contributed by atoms with Gasteiger partial charge in [0.1, 0.15) is 17.0 Å². The van der Waals surface area contributed by atoms with Crippen LogP contribution in [0.5, 0.6) is 0 Å². The number of amides is 1. The highest BCUT2D eigenvalue weighted by atomic mass is 32.1. The van der Waals surface area contributed by atoms with Gasteiger partial charge in [-0.05, 0) is 39.4 Å². The lowest BCUT2D eigenvalue weighted by Crippen LogP contribution is -2.42. The zero-order valence-corrected chi connectivity index (χ0v) is 16.1. The molecule has 0 atom stereocenters. The van der Waals surface area contributed by atoms with Gasteiger partial charge in [0.25, 0.3) is 0 Å². The maximum Gasteiger partial charge on any atom is 0.223 e. The molecule has 0 aliphatic carbocycles. The van der Waals surface area contributed by atoms with Gasteiger partial charge >= 0.3 is 0 Å². The maximum atomic E-state index is 12.3. The SMILES string of the molecule is CCc1cc2c(N3CCC(C(=O)NCCN(C)C)CC3)ncnc2s1. The fourth-order valence-electron chi connectivity index (χ4n) is 3.22. The number of nitrogens with zero attached hydrogens (tertiary/aromatic N) is 4. The van der Waals surface area contributed by atoms with Crippen LogP contribution in [0, 0.1) is 5.92 Å². The summed E-state index contributed by atoms with van der Waals surface area (Å²) in [6.07, 6.45) is 4.44. The van der Waals surface area contributed by atoms with Crippen molar-refractivity contribution in [2.45, 2.75) is 26.2 Å². The largest absolute Gasteiger partial charge is 0.356 e. The summed E-state index contributed by atoms with van der Waals surface area (Å²) in [5.41, 5.74) is 0. The van der Waals surface area contributed by atoms with Gasteiger partial charge in [-0.2, -0.15) is 0 Å². The predicted molar refractivity (Wildman–Crippen MR) is 103 cm³/mol. The van der Waals surface area contributed by atoms with Crippen LogP contribution in [-0.2, 0) is 11.2 Å². The van der Waals surface area contributed by atoms with Crippen molar-refractivity contribution in [1.29, 1.82) is 0 Å². The van der Waals surface area contributed by atoms with Crippen LogP contribution in [0.1, 0.15) is 24.6 Å². The number of likely N-dealkylation sites (N-methyl/N-ethyl adjacent to an activating group) is 1. The summed E-state index contributed by atoms with van der Waals surface area (Å²) in [7, 11) is 4.03. The second-order valence-corrected chi connectivity index (χ2v) is 7.95. The molecule has 1 fully saturated rings. The van der Waals surface area contributed by atoms with Gasteiger partial charge in [-0.1, -0.05) is 6.92 Å². The van der Waals surface area contributed by atoms with E-state index in [4.69, 9.17) is 0 Å². The van der Waals surface area contributed by atoms with Gasteiger partial charge in [0.15, 0.2) is 0 Å². The lowest BCUT2D eigenvalue weighted by atomic mass is 9.96. The number of piperidine rings is 1. The number of nitrogens with one attached hydrogen (secondary N) is 1. The first-order valence-corrected chi connectivity index (χ1v) is 9.81.